The fraction of sp³-hybridized carbons (Fsp3) is 0.556. The molecule has 0 aromatic carbocycles. The third kappa shape index (κ3) is 4.03. The largest absolute Gasteiger partial charge is 0.356 e. The van der Waals surface area contributed by atoms with Crippen molar-refractivity contribution in [3.63, 3.8) is 0 Å². The number of alkyl halides is 2. The lowest BCUT2D eigenvalue weighted by molar-refractivity contribution is 0.0558. The van der Waals surface area contributed by atoms with Crippen LogP contribution in [-0.2, 0) is 4.74 Å². The lowest BCUT2D eigenvalue weighted by Gasteiger charge is -2.24. The Hall–Kier alpha value is 0.500. The van der Waals surface area contributed by atoms with Crippen LogP contribution in [0.15, 0.2) is 23.3 Å². The van der Waals surface area contributed by atoms with Gasteiger partial charge in [-0.15, -0.1) is 0 Å². The lowest BCUT2D eigenvalue weighted by atomic mass is 10.1. The fourth-order valence-corrected chi connectivity index (χ4v) is 1.88. The van der Waals surface area contributed by atoms with Crippen molar-refractivity contribution in [3.05, 3.63) is 23.3 Å². The quantitative estimate of drug-likeness (QED) is 0.564. The molecule has 1 aliphatic carbocycles. The van der Waals surface area contributed by atoms with Crippen LogP contribution in [0, 0.1) is 0 Å². The van der Waals surface area contributed by atoms with E-state index in [-0.39, 0.29) is 0 Å². The standard InChI is InChI=1S/C9H11BrCl2O/c10-5-2-6-13-9(12)4-1-3-8(11)7-9/h1,3,7H,2,4-6H2. The summed E-state index contributed by atoms with van der Waals surface area (Å²) in [5, 5.41) is 0.835. The van der Waals surface area contributed by atoms with Crippen LogP contribution in [0.5, 0.6) is 0 Å². The second-order valence-electron chi connectivity index (χ2n) is 2.81. The van der Waals surface area contributed by atoms with Crippen molar-refractivity contribution in [1.82, 2.24) is 0 Å². The molecule has 1 nitrogen and oxygen atoms in total. The zero-order valence-corrected chi connectivity index (χ0v) is 10.2. The van der Waals surface area contributed by atoms with Gasteiger partial charge in [0.05, 0.1) is 6.61 Å². The van der Waals surface area contributed by atoms with E-state index in [1.54, 1.807) is 6.08 Å². The Kier molecular flexibility index (Phi) is 4.81. The molecule has 1 aliphatic rings. The Bertz CT molecular complexity index is 228. The normalized spacial score (nSPS) is 27.5. The van der Waals surface area contributed by atoms with Gasteiger partial charge in [0.2, 0.25) is 0 Å². The van der Waals surface area contributed by atoms with Crippen molar-refractivity contribution in [1.29, 1.82) is 0 Å². The van der Waals surface area contributed by atoms with Crippen molar-refractivity contribution >= 4 is 39.1 Å². The molecule has 1 unspecified atom stereocenters. The highest BCUT2D eigenvalue weighted by atomic mass is 79.9. The number of halogens is 3. The Morgan fingerprint density at radius 2 is 2.38 bits per heavy atom. The van der Waals surface area contributed by atoms with E-state index in [0.29, 0.717) is 18.1 Å². The van der Waals surface area contributed by atoms with E-state index in [2.05, 4.69) is 15.9 Å². The molecule has 4 heteroatoms. The number of rotatable bonds is 4. The Morgan fingerprint density at radius 1 is 1.62 bits per heavy atom. The van der Waals surface area contributed by atoms with Gasteiger partial charge in [0.25, 0.3) is 0 Å². The fourth-order valence-electron chi connectivity index (χ4n) is 1.04. The molecule has 0 radical (unpaired) electrons. The second-order valence-corrected chi connectivity index (χ2v) is 4.68. The topological polar surface area (TPSA) is 9.23 Å². The SMILES string of the molecule is ClC1=CC(Cl)(OCCCBr)CC=C1. The predicted molar refractivity (Wildman–Crippen MR) is 60.6 cm³/mol. The van der Waals surface area contributed by atoms with Crippen LogP contribution in [0.2, 0.25) is 0 Å². The van der Waals surface area contributed by atoms with E-state index in [1.807, 2.05) is 12.2 Å². The number of hydrogen-bond donors (Lipinski definition) is 0. The molecular formula is C9H11BrCl2O. The summed E-state index contributed by atoms with van der Waals surface area (Å²) in [7, 11) is 0. The summed E-state index contributed by atoms with van der Waals surface area (Å²) >= 11 is 15.3. The van der Waals surface area contributed by atoms with Gasteiger partial charge in [-0.1, -0.05) is 45.2 Å². The average molecular weight is 286 g/mol. The average Bonchev–Trinajstić information content (AvgIpc) is 2.04. The second kappa shape index (κ2) is 5.40. The third-order valence-corrected chi connectivity index (χ3v) is 2.82. The highest BCUT2D eigenvalue weighted by Gasteiger charge is 2.26. The van der Waals surface area contributed by atoms with E-state index >= 15 is 0 Å². The van der Waals surface area contributed by atoms with Crippen LogP contribution in [-0.4, -0.2) is 17.0 Å². The molecule has 1 rings (SSSR count). The minimum atomic E-state index is -0.728. The maximum absolute atomic E-state index is 6.16. The van der Waals surface area contributed by atoms with Crippen molar-refractivity contribution in [2.45, 2.75) is 17.9 Å². The molecule has 13 heavy (non-hydrogen) atoms. The summed E-state index contributed by atoms with van der Waals surface area (Å²) in [5.41, 5.74) is 0. The molecule has 0 N–H and O–H groups in total. The maximum Gasteiger partial charge on any atom is 0.165 e. The minimum Gasteiger partial charge on any atom is -0.356 e. The molecule has 0 fully saturated rings. The van der Waals surface area contributed by atoms with Gasteiger partial charge in [-0.3, -0.25) is 0 Å². The Balaban J connectivity index is 2.43. The molecule has 0 aliphatic heterocycles. The molecule has 74 valence electrons. The van der Waals surface area contributed by atoms with Crippen LogP contribution in [0.1, 0.15) is 12.8 Å². The molecule has 0 amide bonds. The van der Waals surface area contributed by atoms with Crippen LogP contribution in [0.4, 0.5) is 0 Å². The first-order chi connectivity index (χ1) is 6.16. The molecule has 0 saturated heterocycles. The molecule has 1 atom stereocenters. The molecule has 0 aromatic heterocycles. The zero-order valence-electron chi connectivity index (χ0n) is 7.10. The summed E-state index contributed by atoms with van der Waals surface area (Å²) in [4.78, 5) is 0. The molecule has 0 spiro atoms. The number of allylic oxidation sites excluding steroid dienone is 2. The van der Waals surface area contributed by atoms with Crippen LogP contribution < -0.4 is 0 Å². The summed E-state index contributed by atoms with van der Waals surface area (Å²) in [6.07, 6.45) is 7.11. The first kappa shape index (κ1) is 11.6. The van der Waals surface area contributed by atoms with Crippen molar-refractivity contribution in [2.24, 2.45) is 0 Å². The summed E-state index contributed by atoms with van der Waals surface area (Å²) in [6, 6.07) is 0. The van der Waals surface area contributed by atoms with Crippen molar-refractivity contribution < 1.29 is 4.74 Å². The number of ether oxygens (including phenoxy) is 1. The van der Waals surface area contributed by atoms with Gasteiger partial charge in [0.15, 0.2) is 5.06 Å². The predicted octanol–water partition coefficient (Wildman–Crippen LogP) is 3.81. The van der Waals surface area contributed by atoms with Crippen molar-refractivity contribution in [3.8, 4) is 0 Å². The van der Waals surface area contributed by atoms with Gasteiger partial charge in [-0.25, -0.2) is 0 Å². The van der Waals surface area contributed by atoms with Gasteiger partial charge < -0.3 is 4.74 Å². The van der Waals surface area contributed by atoms with E-state index in [0.717, 1.165) is 11.8 Å². The Labute approximate surface area is 96.9 Å². The van der Waals surface area contributed by atoms with Gasteiger partial charge in [0, 0.05) is 16.8 Å². The third-order valence-electron chi connectivity index (χ3n) is 1.65. The van der Waals surface area contributed by atoms with Gasteiger partial charge >= 0.3 is 0 Å². The first-order valence-corrected chi connectivity index (χ1v) is 5.98. The minimum absolute atomic E-state index is 0.639. The van der Waals surface area contributed by atoms with Gasteiger partial charge in [0.1, 0.15) is 0 Å². The summed E-state index contributed by atoms with van der Waals surface area (Å²) in [6.45, 7) is 0.642. The highest BCUT2D eigenvalue weighted by molar-refractivity contribution is 9.09. The molecule has 0 heterocycles. The Morgan fingerprint density at radius 3 is 3.00 bits per heavy atom. The molecule has 0 aromatic rings. The molecule has 0 saturated carbocycles. The van der Waals surface area contributed by atoms with Crippen molar-refractivity contribution in [2.75, 3.05) is 11.9 Å². The van der Waals surface area contributed by atoms with E-state index in [9.17, 15) is 0 Å². The van der Waals surface area contributed by atoms with Crippen LogP contribution >= 0.6 is 39.1 Å². The van der Waals surface area contributed by atoms with Gasteiger partial charge in [-0.05, 0) is 18.6 Å². The lowest BCUT2D eigenvalue weighted by Crippen LogP contribution is -2.24. The maximum atomic E-state index is 6.16. The van der Waals surface area contributed by atoms with Gasteiger partial charge in [-0.2, -0.15) is 0 Å². The zero-order chi connectivity index (χ0) is 9.73. The van der Waals surface area contributed by atoms with E-state index in [1.165, 1.54) is 0 Å². The smallest absolute Gasteiger partial charge is 0.165 e. The number of hydrogen-bond acceptors (Lipinski definition) is 1. The van der Waals surface area contributed by atoms with Crippen LogP contribution in [0.3, 0.4) is 0 Å². The highest BCUT2D eigenvalue weighted by Crippen LogP contribution is 2.30. The molecular weight excluding hydrogens is 275 g/mol. The van der Waals surface area contributed by atoms with E-state index in [4.69, 9.17) is 27.9 Å². The van der Waals surface area contributed by atoms with E-state index < -0.39 is 5.06 Å². The molecule has 0 bridgehead atoms. The first-order valence-electron chi connectivity index (χ1n) is 4.10. The van der Waals surface area contributed by atoms with Crippen LogP contribution in [0.25, 0.3) is 0 Å². The summed E-state index contributed by atoms with van der Waals surface area (Å²) < 4.78 is 5.50. The summed E-state index contributed by atoms with van der Waals surface area (Å²) in [5.74, 6) is 0. The monoisotopic (exact) mass is 284 g/mol.